The highest BCUT2D eigenvalue weighted by molar-refractivity contribution is 6.30. The molecule has 5 nitrogen and oxygen atoms in total. The number of nitrogen functional groups attached to an aromatic ring is 1. The van der Waals surface area contributed by atoms with Crippen LogP contribution in [0.25, 0.3) is 0 Å². The molecule has 0 radical (unpaired) electrons. The third-order valence-electron chi connectivity index (χ3n) is 2.90. The molecule has 23 heavy (non-hydrogen) atoms. The first kappa shape index (κ1) is 17.2. The standard InChI is InChI=1S/C13H12ClF4N5/c1-6(7-2-4-8(14)5-3-7)20-12-22-10(21-11(19)23-12)9(15)13(16,17)18/h2-6,9H,1H3,(H3,19,20,21,22,23). The zero-order valence-electron chi connectivity index (χ0n) is 11.8. The van der Waals surface area contributed by atoms with Gasteiger partial charge in [0.1, 0.15) is 0 Å². The van der Waals surface area contributed by atoms with Gasteiger partial charge in [0.05, 0.1) is 6.04 Å². The second-order valence-corrected chi connectivity index (χ2v) is 5.13. The van der Waals surface area contributed by atoms with Crippen LogP contribution in [0.15, 0.2) is 24.3 Å². The van der Waals surface area contributed by atoms with Crippen molar-refractivity contribution in [3.05, 3.63) is 40.7 Å². The third kappa shape index (κ3) is 4.41. The van der Waals surface area contributed by atoms with Crippen LogP contribution >= 0.6 is 11.6 Å². The van der Waals surface area contributed by atoms with E-state index in [2.05, 4.69) is 20.3 Å². The molecule has 0 bridgehead atoms. The molecular formula is C13H12ClF4N5. The highest BCUT2D eigenvalue weighted by Gasteiger charge is 2.44. The van der Waals surface area contributed by atoms with Gasteiger partial charge in [0.25, 0.3) is 6.17 Å². The van der Waals surface area contributed by atoms with Crippen molar-refractivity contribution in [3.63, 3.8) is 0 Å². The van der Waals surface area contributed by atoms with Crippen molar-refractivity contribution in [2.45, 2.75) is 25.3 Å². The molecule has 2 unspecified atom stereocenters. The zero-order valence-corrected chi connectivity index (χ0v) is 12.5. The van der Waals surface area contributed by atoms with Crippen molar-refractivity contribution >= 4 is 23.5 Å². The van der Waals surface area contributed by atoms with Crippen LogP contribution in [0.1, 0.15) is 30.5 Å². The smallest absolute Gasteiger partial charge is 0.368 e. The van der Waals surface area contributed by atoms with E-state index in [-0.39, 0.29) is 12.0 Å². The highest BCUT2D eigenvalue weighted by Crippen LogP contribution is 2.34. The van der Waals surface area contributed by atoms with Crippen molar-refractivity contribution in [1.82, 2.24) is 15.0 Å². The zero-order chi connectivity index (χ0) is 17.2. The molecule has 3 N–H and O–H groups in total. The van der Waals surface area contributed by atoms with Gasteiger partial charge in [-0.3, -0.25) is 0 Å². The maximum absolute atomic E-state index is 13.3. The van der Waals surface area contributed by atoms with Crippen molar-refractivity contribution in [3.8, 4) is 0 Å². The summed E-state index contributed by atoms with van der Waals surface area (Å²) in [4.78, 5) is 10.3. The van der Waals surface area contributed by atoms with E-state index in [0.29, 0.717) is 5.02 Å². The van der Waals surface area contributed by atoms with Crippen LogP contribution in [0.2, 0.25) is 5.02 Å². The lowest BCUT2D eigenvalue weighted by Crippen LogP contribution is -2.21. The minimum atomic E-state index is -5.12. The normalized spacial score (nSPS) is 14.3. The lowest BCUT2D eigenvalue weighted by molar-refractivity contribution is -0.184. The number of alkyl halides is 4. The Bertz CT molecular complexity index is 677. The first-order chi connectivity index (χ1) is 10.7. The Morgan fingerprint density at radius 1 is 1.13 bits per heavy atom. The van der Waals surface area contributed by atoms with Crippen LogP contribution < -0.4 is 11.1 Å². The van der Waals surface area contributed by atoms with Crippen molar-refractivity contribution in [2.75, 3.05) is 11.1 Å². The Hall–Kier alpha value is -2.16. The summed E-state index contributed by atoms with van der Waals surface area (Å²) in [5, 5.41) is 3.29. The first-order valence-corrected chi connectivity index (χ1v) is 6.79. The predicted octanol–water partition coefficient (Wildman–Crippen LogP) is 3.85. The predicted molar refractivity (Wildman–Crippen MR) is 77.6 cm³/mol. The number of rotatable bonds is 4. The van der Waals surface area contributed by atoms with Gasteiger partial charge in [-0.25, -0.2) is 4.39 Å². The van der Waals surface area contributed by atoms with Crippen molar-refractivity contribution < 1.29 is 17.6 Å². The van der Waals surface area contributed by atoms with E-state index in [1.165, 1.54) is 0 Å². The molecule has 0 aliphatic carbocycles. The van der Waals surface area contributed by atoms with Crippen molar-refractivity contribution in [1.29, 1.82) is 0 Å². The molecule has 1 aromatic carbocycles. The summed E-state index contributed by atoms with van der Waals surface area (Å²) < 4.78 is 50.6. The molecule has 0 fully saturated rings. The number of hydrogen-bond acceptors (Lipinski definition) is 5. The number of nitrogens with two attached hydrogens (primary N) is 1. The van der Waals surface area contributed by atoms with Gasteiger partial charge < -0.3 is 11.1 Å². The minimum Gasteiger partial charge on any atom is -0.368 e. The molecule has 1 heterocycles. The van der Waals surface area contributed by atoms with E-state index in [1.54, 1.807) is 31.2 Å². The fourth-order valence-electron chi connectivity index (χ4n) is 1.76. The second-order valence-electron chi connectivity index (χ2n) is 4.70. The number of nitrogens with zero attached hydrogens (tertiary/aromatic N) is 3. The molecular weight excluding hydrogens is 338 g/mol. The maximum Gasteiger partial charge on any atom is 0.427 e. The quantitative estimate of drug-likeness (QED) is 0.820. The summed E-state index contributed by atoms with van der Waals surface area (Å²) in [6.07, 6.45) is -8.45. The molecule has 2 aromatic rings. The van der Waals surface area contributed by atoms with E-state index >= 15 is 0 Å². The topological polar surface area (TPSA) is 76.7 Å². The summed E-state index contributed by atoms with van der Waals surface area (Å²) in [7, 11) is 0. The summed E-state index contributed by atoms with van der Waals surface area (Å²) in [6.45, 7) is 1.72. The highest BCUT2D eigenvalue weighted by atomic mass is 35.5. The van der Waals surface area contributed by atoms with Crippen LogP contribution in [-0.2, 0) is 0 Å². The molecule has 0 amide bonds. The summed E-state index contributed by atoms with van der Waals surface area (Å²) in [5.41, 5.74) is 6.10. The Labute approximate surface area is 133 Å². The van der Waals surface area contributed by atoms with Gasteiger partial charge in [-0.2, -0.15) is 28.1 Å². The Kier molecular flexibility index (Phi) is 4.88. The molecule has 0 saturated carbocycles. The largest absolute Gasteiger partial charge is 0.427 e. The second kappa shape index (κ2) is 6.53. The van der Waals surface area contributed by atoms with Crippen LogP contribution in [0.4, 0.5) is 29.5 Å². The van der Waals surface area contributed by atoms with E-state index in [9.17, 15) is 17.6 Å². The number of halogens is 5. The molecule has 0 aliphatic heterocycles. The molecule has 0 spiro atoms. The molecule has 1 aromatic heterocycles. The van der Waals surface area contributed by atoms with Gasteiger partial charge in [-0.1, -0.05) is 23.7 Å². The van der Waals surface area contributed by atoms with Crippen molar-refractivity contribution in [2.24, 2.45) is 0 Å². The number of hydrogen-bond donors (Lipinski definition) is 2. The van der Waals surface area contributed by atoms with Gasteiger partial charge in [0, 0.05) is 5.02 Å². The fraction of sp³-hybridized carbons (Fsp3) is 0.308. The van der Waals surface area contributed by atoms with E-state index in [0.717, 1.165) is 5.56 Å². The maximum atomic E-state index is 13.3. The lowest BCUT2D eigenvalue weighted by atomic mass is 10.1. The van der Waals surface area contributed by atoms with Gasteiger partial charge in [0.15, 0.2) is 5.82 Å². The summed E-state index contributed by atoms with van der Waals surface area (Å²) in [6, 6.07) is 6.39. The molecule has 0 aliphatic rings. The van der Waals surface area contributed by atoms with Crippen LogP contribution in [-0.4, -0.2) is 21.1 Å². The average Bonchev–Trinajstić information content (AvgIpc) is 2.45. The van der Waals surface area contributed by atoms with Crippen LogP contribution in [0.5, 0.6) is 0 Å². The van der Waals surface area contributed by atoms with E-state index < -0.39 is 24.1 Å². The Morgan fingerprint density at radius 2 is 1.74 bits per heavy atom. The summed E-state index contributed by atoms with van der Waals surface area (Å²) in [5.74, 6) is -1.84. The number of aromatic nitrogens is 3. The van der Waals surface area contributed by atoms with Crippen LogP contribution in [0.3, 0.4) is 0 Å². The molecule has 124 valence electrons. The molecule has 10 heteroatoms. The van der Waals surface area contributed by atoms with E-state index in [1.807, 2.05) is 0 Å². The van der Waals surface area contributed by atoms with Gasteiger partial charge in [-0.05, 0) is 24.6 Å². The molecule has 2 rings (SSSR count). The number of benzene rings is 1. The third-order valence-corrected chi connectivity index (χ3v) is 3.15. The lowest BCUT2D eigenvalue weighted by Gasteiger charge is -2.16. The minimum absolute atomic E-state index is 0.248. The average molecular weight is 350 g/mol. The molecule has 0 saturated heterocycles. The Morgan fingerprint density at radius 3 is 2.30 bits per heavy atom. The fourth-order valence-corrected chi connectivity index (χ4v) is 1.89. The first-order valence-electron chi connectivity index (χ1n) is 6.41. The van der Waals surface area contributed by atoms with Crippen LogP contribution in [0, 0.1) is 0 Å². The van der Waals surface area contributed by atoms with Gasteiger partial charge in [0.2, 0.25) is 11.9 Å². The monoisotopic (exact) mass is 349 g/mol. The summed E-state index contributed by atoms with van der Waals surface area (Å²) >= 11 is 5.78. The molecule has 2 atom stereocenters. The van der Waals surface area contributed by atoms with E-state index in [4.69, 9.17) is 17.3 Å². The SMILES string of the molecule is CC(Nc1nc(N)nc(C(F)C(F)(F)F)n1)c1ccc(Cl)cc1. The number of anilines is 2. The van der Waals surface area contributed by atoms with Gasteiger partial charge >= 0.3 is 6.18 Å². The van der Waals surface area contributed by atoms with Gasteiger partial charge in [-0.15, -0.1) is 0 Å². The number of nitrogens with one attached hydrogen (secondary N) is 1. The Balaban J connectivity index is 2.23.